The molecule has 1 aromatic heterocycles. The van der Waals surface area contributed by atoms with Crippen LogP contribution in [0.4, 0.5) is 0 Å². The Morgan fingerprint density at radius 2 is 2.16 bits per heavy atom. The van der Waals surface area contributed by atoms with Gasteiger partial charge in [-0.25, -0.2) is 4.98 Å². The van der Waals surface area contributed by atoms with E-state index in [0.29, 0.717) is 30.8 Å². The Hall–Kier alpha value is -1.43. The molecule has 0 bridgehead atoms. The molecule has 2 N–H and O–H groups in total. The van der Waals surface area contributed by atoms with Crippen LogP contribution >= 0.6 is 0 Å². The predicted molar refractivity (Wildman–Crippen MR) is 70.0 cm³/mol. The zero-order valence-corrected chi connectivity index (χ0v) is 11.1. The lowest BCUT2D eigenvalue weighted by Gasteiger charge is -2.27. The summed E-state index contributed by atoms with van der Waals surface area (Å²) in [6.07, 6.45) is 7.03. The zero-order valence-electron chi connectivity index (χ0n) is 11.1. The average Bonchev–Trinajstić information content (AvgIpc) is 3.04. The minimum Gasteiger partial charge on any atom is -0.342 e. The molecule has 1 aliphatic carbocycles. The van der Waals surface area contributed by atoms with Crippen LogP contribution in [-0.4, -0.2) is 44.7 Å². The molecular formula is C13H21N5O. The predicted octanol–water partition coefficient (Wildman–Crippen LogP) is 0.254. The summed E-state index contributed by atoms with van der Waals surface area (Å²) >= 11 is 0. The summed E-state index contributed by atoms with van der Waals surface area (Å²) in [6.45, 7) is 2.44. The van der Waals surface area contributed by atoms with Gasteiger partial charge >= 0.3 is 0 Å². The third-order valence-corrected chi connectivity index (χ3v) is 4.46. The first kappa shape index (κ1) is 12.6. The van der Waals surface area contributed by atoms with Gasteiger partial charge in [-0.2, -0.15) is 5.10 Å². The van der Waals surface area contributed by atoms with E-state index < -0.39 is 0 Å². The molecule has 2 fully saturated rings. The summed E-state index contributed by atoms with van der Waals surface area (Å²) in [5.74, 6) is 1.53. The van der Waals surface area contributed by atoms with Crippen molar-refractivity contribution in [3.63, 3.8) is 0 Å². The van der Waals surface area contributed by atoms with Crippen molar-refractivity contribution in [3.05, 3.63) is 12.7 Å². The maximum Gasteiger partial charge on any atom is 0.224 e. The molecular weight excluding hydrogens is 242 g/mol. The monoisotopic (exact) mass is 263 g/mol. The molecule has 0 aromatic carbocycles. The van der Waals surface area contributed by atoms with E-state index >= 15 is 0 Å². The van der Waals surface area contributed by atoms with E-state index in [1.807, 2.05) is 4.90 Å². The average molecular weight is 263 g/mol. The van der Waals surface area contributed by atoms with Gasteiger partial charge < -0.3 is 10.6 Å². The highest BCUT2D eigenvalue weighted by atomic mass is 16.2. The third kappa shape index (κ3) is 2.78. The van der Waals surface area contributed by atoms with E-state index in [1.165, 1.54) is 12.7 Å². The van der Waals surface area contributed by atoms with Crippen LogP contribution in [0.3, 0.4) is 0 Å². The number of carbonyl (C=O) groups excluding carboxylic acids is 1. The highest BCUT2D eigenvalue weighted by Crippen LogP contribution is 2.35. The van der Waals surface area contributed by atoms with Gasteiger partial charge in [-0.15, -0.1) is 0 Å². The van der Waals surface area contributed by atoms with E-state index in [1.54, 1.807) is 11.0 Å². The van der Waals surface area contributed by atoms with E-state index in [-0.39, 0.29) is 5.91 Å². The van der Waals surface area contributed by atoms with Gasteiger partial charge in [-0.05, 0) is 31.1 Å². The van der Waals surface area contributed by atoms with Crippen LogP contribution in [0, 0.1) is 11.8 Å². The number of fused-ring (bicyclic) bond motifs is 1. The maximum absolute atomic E-state index is 12.2. The summed E-state index contributed by atoms with van der Waals surface area (Å²) in [5.41, 5.74) is 6.01. The largest absolute Gasteiger partial charge is 0.342 e. The highest BCUT2D eigenvalue weighted by molar-refractivity contribution is 5.76. The topological polar surface area (TPSA) is 77.0 Å². The van der Waals surface area contributed by atoms with E-state index in [9.17, 15) is 4.79 Å². The van der Waals surface area contributed by atoms with Gasteiger partial charge in [0.2, 0.25) is 5.91 Å². The third-order valence-electron chi connectivity index (χ3n) is 4.46. The van der Waals surface area contributed by atoms with Gasteiger partial charge in [0.25, 0.3) is 0 Å². The van der Waals surface area contributed by atoms with Gasteiger partial charge in [0.05, 0.1) is 6.54 Å². The Morgan fingerprint density at radius 1 is 1.32 bits per heavy atom. The van der Waals surface area contributed by atoms with Crippen LogP contribution in [0.2, 0.25) is 0 Å². The molecule has 6 nitrogen and oxygen atoms in total. The molecule has 0 radical (unpaired) electrons. The summed E-state index contributed by atoms with van der Waals surface area (Å²) < 4.78 is 1.71. The Labute approximate surface area is 113 Å². The fraction of sp³-hybridized carbons (Fsp3) is 0.769. The van der Waals surface area contributed by atoms with Crippen LogP contribution < -0.4 is 5.73 Å². The minimum atomic E-state index is 0.235. The maximum atomic E-state index is 12.2. The number of nitrogens with two attached hydrogens (primary N) is 1. The van der Waals surface area contributed by atoms with Gasteiger partial charge in [-0.3, -0.25) is 9.48 Å². The second-order valence-electron chi connectivity index (χ2n) is 5.80. The van der Waals surface area contributed by atoms with Crippen molar-refractivity contribution in [1.82, 2.24) is 19.7 Å². The fourth-order valence-electron chi connectivity index (χ4n) is 3.39. The number of aromatic nitrogens is 3. The first-order chi connectivity index (χ1) is 9.22. The lowest BCUT2D eigenvalue weighted by atomic mass is 9.79. The number of carbonyl (C=O) groups is 1. The summed E-state index contributed by atoms with van der Waals surface area (Å²) in [5, 5.41) is 4.02. The minimum absolute atomic E-state index is 0.235. The molecule has 19 heavy (non-hydrogen) atoms. The summed E-state index contributed by atoms with van der Waals surface area (Å²) in [6, 6.07) is 0.339. The molecule has 1 aliphatic heterocycles. The molecule has 3 rings (SSSR count). The number of nitrogens with zero attached hydrogens (tertiary/aromatic N) is 4. The molecule has 2 aliphatic rings. The molecule has 1 unspecified atom stereocenters. The van der Waals surface area contributed by atoms with Gasteiger partial charge in [0.1, 0.15) is 12.7 Å². The van der Waals surface area contributed by atoms with Crippen LogP contribution in [0.15, 0.2) is 12.7 Å². The Morgan fingerprint density at radius 3 is 2.95 bits per heavy atom. The normalized spacial score (nSPS) is 30.4. The molecule has 3 atom stereocenters. The lowest BCUT2D eigenvalue weighted by Crippen LogP contribution is -2.32. The van der Waals surface area contributed by atoms with Crippen molar-refractivity contribution in [1.29, 1.82) is 0 Å². The fourth-order valence-corrected chi connectivity index (χ4v) is 3.39. The Bertz CT molecular complexity index is 432. The molecule has 2 heterocycles. The lowest BCUT2D eigenvalue weighted by molar-refractivity contribution is -0.130. The van der Waals surface area contributed by atoms with E-state index in [4.69, 9.17) is 5.73 Å². The van der Waals surface area contributed by atoms with Crippen molar-refractivity contribution >= 4 is 5.91 Å². The Kier molecular flexibility index (Phi) is 3.50. The smallest absolute Gasteiger partial charge is 0.224 e. The first-order valence-corrected chi connectivity index (χ1v) is 7.08. The molecule has 0 spiro atoms. The first-order valence-electron chi connectivity index (χ1n) is 7.08. The van der Waals surface area contributed by atoms with Crippen molar-refractivity contribution in [3.8, 4) is 0 Å². The molecule has 1 saturated carbocycles. The second-order valence-corrected chi connectivity index (χ2v) is 5.80. The number of aryl methyl sites for hydroxylation is 1. The summed E-state index contributed by atoms with van der Waals surface area (Å²) in [7, 11) is 0. The Balaban J connectivity index is 1.51. The van der Waals surface area contributed by atoms with Gasteiger partial charge in [-0.1, -0.05) is 0 Å². The van der Waals surface area contributed by atoms with Crippen LogP contribution in [0.5, 0.6) is 0 Å². The highest BCUT2D eigenvalue weighted by Gasteiger charge is 2.38. The quantitative estimate of drug-likeness (QED) is 0.848. The molecule has 6 heteroatoms. The van der Waals surface area contributed by atoms with Crippen molar-refractivity contribution in [2.75, 3.05) is 13.1 Å². The van der Waals surface area contributed by atoms with Gasteiger partial charge in [0.15, 0.2) is 0 Å². The molecule has 1 saturated heterocycles. The number of likely N-dealkylation sites (tertiary alicyclic amines) is 1. The van der Waals surface area contributed by atoms with Crippen LogP contribution in [0.1, 0.15) is 25.7 Å². The van der Waals surface area contributed by atoms with Crippen molar-refractivity contribution in [2.24, 2.45) is 17.6 Å². The van der Waals surface area contributed by atoms with Crippen molar-refractivity contribution < 1.29 is 4.79 Å². The standard InChI is InChI=1S/C13H21N5O/c14-12-2-1-10-6-17(7-11(10)5-12)13(19)3-4-18-9-15-8-16-18/h8-12H,1-7,14H2/t10-,11+,12?/m1/s1. The van der Waals surface area contributed by atoms with E-state index in [2.05, 4.69) is 10.1 Å². The molecule has 1 aromatic rings. The van der Waals surface area contributed by atoms with Crippen LogP contribution in [0.25, 0.3) is 0 Å². The van der Waals surface area contributed by atoms with Crippen molar-refractivity contribution in [2.45, 2.75) is 38.3 Å². The number of hydrogen-bond acceptors (Lipinski definition) is 4. The molecule has 1 amide bonds. The number of amides is 1. The number of rotatable bonds is 3. The van der Waals surface area contributed by atoms with Gasteiger partial charge in [0, 0.05) is 25.6 Å². The summed E-state index contributed by atoms with van der Waals surface area (Å²) in [4.78, 5) is 18.1. The van der Waals surface area contributed by atoms with Crippen LogP contribution in [-0.2, 0) is 11.3 Å². The second kappa shape index (κ2) is 5.28. The molecule has 104 valence electrons. The zero-order chi connectivity index (χ0) is 13.2. The SMILES string of the molecule is NC1CC[C@@H]2CN(C(=O)CCn3cncn3)C[C@@H]2C1. The number of hydrogen-bond donors (Lipinski definition) is 1. The van der Waals surface area contributed by atoms with E-state index in [0.717, 1.165) is 25.9 Å².